The topological polar surface area (TPSA) is 74.7 Å². The average Bonchev–Trinajstić information content (AvgIpc) is 2.29. The molecular weight excluding hydrogens is 270 g/mol. The third-order valence-corrected chi connectivity index (χ3v) is 4.28. The third-order valence-electron chi connectivity index (χ3n) is 4.28. The SMILES string of the molecule is CC1CC(=O)N(CCC(CCC(=O)O)C(C)(C)C)C(=O)C1. The largest absolute Gasteiger partial charge is 0.481 e. The summed E-state index contributed by atoms with van der Waals surface area (Å²) in [5, 5.41) is 8.84. The lowest BCUT2D eigenvalue weighted by molar-refractivity contribution is -0.150. The highest BCUT2D eigenvalue weighted by atomic mass is 16.4. The number of piperidine rings is 1. The van der Waals surface area contributed by atoms with Crippen LogP contribution in [0.25, 0.3) is 0 Å². The zero-order valence-electron chi connectivity index (χ0n) is 13.5. The molecule has 5 nitrogen and oxygen atoms in total. The Kier molecular flexibility index (Phi) is 5.93. The summed E-state index contributed by atoms with van der Waals surface area (Å²) in [7, 11) is 0. The van der Waals surface area contributed by atoms with Crippen molar-refractivity contribution in [3.63, 3.8) is 0 Å². The number of likely N-dealkylation sites (tertiary alicyclic amines) is 1. The van der Waals surface area contributed by atoms with Crippen LogP contribution in [0.2, 0.25) is 0 Å². The molecule has 0 aromatic rings. The van der Waals surface area contributed by atoms with E-state index in [2.05, 4.69) is 20.8 Å². The summed E-state index contributed by atoms with van der Waals surface area (Å²) in [5.41, 5.74) is -0.0371. The summed E-state index contributed by atoms with van der Waals surface area (Å²) >= 11 is 0. The Morgan fingerprint density at radius 1 is 1.24 bits per heavy atom. The van der Waals surface area contributed by atoms with Crippen LogP contribution >= 0.6 is 0 Å². The normalized spacial score (nSPS) is 19.0. The van der Waals surface area contributed by atoms with Gasteiger partial charge in [-0.1, -0.05) is 27.7 Å². The Morgan fingerprint density at radius 2 is 1.76 bits per heavy atom. The molecule has 1 atom stereocenters. The van der Waals surface area contributed by atoms with Crippen molar-refractivity contribution in [3.05, 3.63) is 0 Å². The second-order valence-electron chi connectivity index (χ2n) is 7.24. The molecule has 1 fully saturated rings. The highest BCUT2D eigenvalue weighted by Crippen LogP contribution is 2.33. The van der Waals surface area contributed by atoms with Crippen molar-refractivity contribution in [3.8, 4) is 0 Å². The van der Waals surface area contributed by atoms with Gasteiger partial charge in [0.1, 0.15) is 0 Å². The molecule has 0 aliphatic carbocycles. The highest BCUT2D eigenvalue weighted by molar-refractivity contribution is 5.97. The molecule has 21 heavy (non-hydrogen) atoms. The van der Waals surface area contributed by atoms with Gasteiger partial charge < -0.3 is 5.11 Å². The van der Waals surface area contributed by atoms with Crippen molar-refractivity contribution < 1.29 is 19.5 Å². The zero-order chi connectivity index (χ0) is 16.2. The summed E-state index contributed by atoms with van der Waals surface area (Å²) in [6.45, 7) is 8.54. The first-order valence-electron chi connectivity index (χ1n) is 7.66. The van der Waals surface area contributed by atoms with E-state index < -0.39 is 5.97 Å². The lowest BCUT2D eigenvalue weighted by Gasteiger charge is -2.34. The van der Waals surface area contributed by atoms with Crippen LogP contribution < -0.4 is 0 Å². The Morgan fingerprint density at radius 3 is 2.19 bits per heavy atom. The molecule has 0 saturated carbocycles. The number of carbonyl (C=O) groups is 3. The van der Waals surface area contributed by atoms with Crippen LogP contribution in [0.4, 0.5) is 0 Å². The molecule has 1 saturated heterocycles. The third kappa shape index (κ3) is 5.48. The van der Waals surface area contributed by atoms with E-state index in [4.69, 9.17) is 5.11 Å². The van der Waals surface area contributed by atoms with Crippen molar-refractivity contribution in [1.29, 1.82) is 0 Å². The van der Waals surface area contributed by atoms with Gasteiger partial charge in [-0.15, -0.1) is 0 Å². The molecule has 1 heterocycles. The summed E-state index contributed by atoms with van der Waals surface area (Å²) in [4.78, 5) is 36.0. The first-order valence-corrected chi connectivity index (χ1v) is 7.66. The Bertz CT molecular complexity index is 393. The van der Waals surface area contributed by atoms with E-state index in [9.17, 15) is 14.4 Å². The molecule has 1 N–H and O–H groups in total. The fraction of sp³-hybridized carbons (Fsp3) is 0.812. The number of hydrogen-bond acceptors (Lipinski definition) is 3. The van der Waals surface area contributed by atoms with Crippen molar-refractivity contribution in [2.24, 2.45) is 17.3 Å². The maximum Gasteiger partial charge on any atom is 0.303 e. The highest BCUT2D eigenvalue weighted by Gasteiger charge is 2.32. The van der Waals surface area contributed by atoms with Crippen molar-refractivity contribution >= 4 is 17.8 Å². The molecule has 2 amide bonds. The second-order valence-corrected chi connectivity index (χ2v) is 7.24. The number of carbonyl (C=O) groups excluding carboxylic acids is 2. The number of rotatable bonds is 6. The van der Waals surface area contributed by atoms with Gasteiger partial charge in [-0.3, -0.25) is 19.3 Å². The van der Waals surface area contributed by atoms with Crippen LogP contribution in [0.15, 0.2) is 0 Å². The van der Waals surface area contributed by atoms with Crippen LogP contribution in [-0.2, 0) is 14.4 Å². The average molecular weight is 297 g/mol. The minimum absolute atomic E-state index is 0.0371. The van der Waals surface area contributed by atoms with Crippen molar-refractivity contribution in [1.82, 2.24) is 4.90 Å². The molecular formula is C16H27NO4. The van der Waals surface area contributed by atoms with E-state index in [0.717, 1.165) is 0 Å². The van der Waals surface area contributed by atoms with Gasteiger partial charge in [-0.2, -0.15) is 0 Å². The maximum atomic E-state index is 12.0. The van der Waals surface area contributed by atoms with Crippen LogP contribution in [0.3, 0.4) is 0 Å². The van der Waals surface area contributed by atoms with Gasteiger partial charge in [0.25, 0.3) is 0 Å². The number of imide groups is 1. The number of amides is 2. The molecule has 1 aliphatic rings. The Hall–Kier alpha value is -1.39. The lowest BCUT2D eigenvalue weighted by atomic mass is 9.76. The molecule has 5 heteroatoms. The van der Waals surface area contributed by atoms with E-state index in [1.54, 1.807) is 0 Å². The number of carboxylic acids is 1. The van der Waals surface area contributed by atoms with E-state index >= 15 is 0 Å². The summed E-state index contributed by atoms with van der Waals surface area (Å²) < 4.78 is 0. The van der Waals surface area contributed by atoms with Gasteiger partial charge in [0.2, 0.25) is 11.8 Å². The molecule has 0 aromatic heterocycles. The molecule has 1 aliphatic heterocycles. The van der Waals surface area contributed by atoms with Gasteiger partial charge in [0.05, 0.1) is 0 Å². The molecule has 120 valence electrons. The predicted molar refractivity (Wildman–Crippen MR) is 79.5 cm³/mol. The predicted octanol–water partition coefficient (Wildman–Crippen LogP) is 2.69. The van der Waals surface area contributed by atoms with Gasteiger partial charge in [0, 0.05) is 25.8 Å². The Labute approximate surface area is 126 Å². The standard InChI is InChI=1S/C16H27NO4/c1-11-9-13(18)17(14(19)10-11)8-7-12(16(2,3)4)5-6-15(20)21/h11-12H,5-10H2,1-4H3,(H,20,21). The quantitative estimate of drug-likeness (QED) is 0.765. The van der Waals surface area contributed by atoms with Crippen LogP contribution in [-0.4, -0.2) is 34.3 Å². The maximum absolute atomic E-state index is 12.0. The first kappa shape index (κ1) is 17.7. The summed E-state index contributed by atoms with van der Waals surface area (Å²) in [6, 6.07) is 0. The van der Waals surface area contributed by atoms with Gasteiger partial charge in [0.15, 0.2) is 0 Å². The van der Waals surface area contributed by atoms with Crippen molar-refractivity contribution in [2.75, 3.05) is 6.54 Å². The number of nitrogens with zero attached hydrogens (tertiary/aromatic N) is 1. The van der Waals surface area contributed by atoms with Gasteiger partial charge in [-0.05, 0) is 30.1 Å². The fourth-order valence-corrected chi connectivity index (χ4v) is 2.87. The molecule has 1 unspecified atom stereocenters. The minimum atomic E-state index is -0.803. The van der Waals surface area contributed by atoms with Crippen LogP contribution in [0, 0.1) is 17.3 Å². The first-order chi connectivity index (χ1) is 9.61. The second kappa shape index (κ2) is 7.05. The molecule has 0 spiro atoms. The molecule has 0 bridgehead atoms. The molecule has 0 aromatic carbocycles. The number of hydrogen-bond donors (Lipinski definition) is 1. The summed E-state index contributed by atoms with van der Waals surface area (Å²) in [5.74, 6) is -0.683. The van der Waals surface area contributed by atoms with E-state index in [1.165, 1.54) is 4.90 Å². The smallest absolute Gasteiger partial charge is 0.303 e. The van der Waals surface area contributed by atoms with E-state index in [1.807, 2.05) is 6.92 Å². The van der Waals surface area contributed by atoms with Crippen molar-refractivity contribution in [2.45, 2.75) is 59.8 Å². The van der Waals surface area contributed by atoms with Gasteiger partial charge in [-0.25, -0.2) is 0 Å². The molecule has 0 radical (unpaired) electrons. The molecule has 1 rings (SSSR count). The fourth-order valence-electron chi connectivity index (χ4n) is 2.87. The van der Waals surface area contributed by atoms with Gasteiger partial charge >= 0.3 is 5.97 Å². The lowest BCUT2D eigenvalue weighted by Crippen LogP contribution is -2.44. The monoisotopic (exact) mass is 297 g/mol. The van der Waals surface area contributed by atoms with Crippen LogP contribution in [0.1, 0.15) is 59.8 Å². The number of aliphatic carboxylic acids is 1. The summed E-state index contributed by atoms with van der Waals surface area (Å²) in [6.07, 6.45) is 2.23. The van der Waals surface area contributed by atoms with Crippen LogP contribution in [0.5, 0.6) is 0 Å². The zero-order valence-corrected chi connectivity index (χ0v) is 13.5. The van der Waals surface area contributed by atoms with E-state index in [-0.39, 0.29) is 35.5 Å². The minimum Gasteiger partial charge on any atom is -0.481 e. The number of carboxylic acid groups (broad SMARTS) is 1. The van der Waals surface area contributed by atoms with E-state index in [0.29, 0.717) is 32.2 Å². The Balaban J connectivity index is 2.61.